The van der Waals surface area contributed by atoms with Gasteiger partial charge >= 0.3 is 0 Å². The molecule has 0 amide bonds. The lowest BCUT2D eigenvalue weighted by Gasteiger charge is -2.48. The fraction of sp³-hybridized carbons (Fsp3) is 0.286. The van der Waals surface area contributed by atoms with Crippen LogP contribution >= 0.6 is 0 Å². The second kappa shape index (κ2) is 8.37. The SMILES string of the molecule is COc1cc2c(cc1OC)N1Cc3cc4c(cc3[N+](C)(C2)C1)Oc1c(C#N)c(OC)c(OC)c(C#N)c1O4. The van der Waals surface area contributed by atoms with Crippen LogP contribution in [0.5, 0.6) is 46.0 Å². The van der Waals surface area contributed by atoms with Crippen LogP contribution in [0.25, 0.3) is 0 Å². The van der Waals surface area contributed by atoms with Crippen LogP contribution in [0.3, 0.4) is 0 Å². The maximum atomic E-state index is 9.93. The molecule has 6 rings (SSSR count). The summed E-state index contributed by atoms with van der Waals surface area (Å²) < 4.78 is 35.1. The Balaban J connectivity index is 1.48. The van der Waals surface area contributed by atoms with Crippen LogP contribution in [0.1, 0.15) is 22.3 Å². The molecule has 0 saturated carbocycles. The average Bonchev–Trinajstić information content (AvgIpc) is 2.93. The van der Waals surface area contributed by atoms with Gasteiger partial charge in [-0.3, -0.25) is 4.48 Å². The zero-order chi connectivity index (χ0) is 26.8. The van der Waals surface area contributed by atoms with E-state index in [0.29, 0.717) is 34.0 Å². The van der Waals surface area contributed by atoms with Crippen LogP contribution < -0.4 is 37.8 Å². The predicted octanol–water partition coefficient (Wildman–Crippen LogP) is 4.79. The van der Waals surface area contributed by atoms with Gasteiger partial charge in [-0.15, -0.1) is 0 Å². The fourth-order valence-electron chi connectivity index (χ4n) is 5.76. The summed E-state index contributed by atoms with van der Waals surface area (Å²) in [5, 5.41) is 19.8. The quantitative estimate of drug-likeness (QED) is 0.356. The molecule has 1 atom stereocenters. The summed E-state index contributed by atoms with van der Waals surface area (Å²) in [6.45, 7) is 2.15. The van der Waals surface area contributed by atoms with Gasteiger partial charge in [0.1, 0.15) is 35.5 Å². The molecule has 3 aromatic rings. The highest BCUT2D eigenvalue weighted by molar-refractivity contribution is 5.77. The number of rotatable bonds is 4. The maximum Gasteiger partial charge on any atom is 0.193 e. The Morgan fingerprint density at radius 2 is 1.37 bits per heavy atom. The molecule has 0 fully saturated rings. The molecule has 0 saturated heterocycles. The summed E-state index contributed by atoms with van der Waals surface area (Å²) in [5.41, 5.74) is 4.62. The van der Waals surface area contributed by atoms with Gasteiger partial charge in [0.2, 0.25) is 0 Å². The lowest BCUT2D eigenvalue weighted by molar-refractivity contribution is 0.280. The van der Waals surface area contributed by atoms with Crippen molar-refractivity contribution in [2.45, 2.75) is 13.1 Å². The number of anilines is 1. The molecule has 10 nitrogen and oxygen atoms in total. The van der Waals surface area contributed by atoms with Crippen molar-refractivity contribution in [1.29, 1.82) is 10.5 Å². The topological polar surface area (TPSA) is 106 Å². The molecule has 0 radical (unpaired) electrons. The van der Waals surface area contributed by atoms with E-state index in [1.165, 1.54) is 14.2 Å². The second-order valence-electron chi connectivity index (χ2n) is 9.56. The maximum absolute atomic E-state index is 9.93. The van der Waals surface area contributed by atoms with E-state index in [4.69, 9.17) is 28.4 Å². The van der Waals surface area contributed by atoms with Crippen LogP contribution in [0.2, 0.25) is 0 Å². The number of fused-ring (bicyclic) bond motifs is 8. The zero-order valence-electron chi connectivity index (χ0n) is 21.7. The van der Waals surface area contributed by atoms with Crippen molar-refractivity contribution in [2.24, 2.45) is 0 Å². The van der Waals surface area contributed by atoms with E-state index >= 15 is 0 Å². The largest absolute Gasteiger partial charge is 0.493 e. The van der Waals surface area contributed by atoms with Crippen molar-refractivity contribution in [3.05, 3.63) is 46.5 Å². The monoisotopic (exact) mass is 513 g/mol. The van der Waals surface area contributed by atoms with Crippen LogP contribution in [0.15, 0.2) is 24.3 Å². The molecule has 0 aromatic heterocycles. The first kappa shape index (κ1) is 23.6. The van der Waals surface area contributed by atoms with Crippen molar-refractivity contribution < 1.29 is 28.4 Å². The van der Waals surface area contributed by atoms with Gasteiger partial charge in [0.05, 0.1) is 47.7 Å². The first-order valence-corrected chi connectivity index (χ1v) is 11.9. The molecule has 0 N–H and O–H groups in total. The summed E-state index contributed by atoms with van der Waals surface area (Å²) in [6.07, 6.45) is 0. The first-order valence-electron chi connectivity index (χ1n) is 11.9. The Kier molecular flexibility index (Phi) is 5.20. The Hall–Kier alpha value is -4.80. The number of benzene rings is 3. The van der Waals surface area contributed by atoms with Crippen molar-refractivity contribution in [2.75, 3.05) is 47.1 Å². The van der Waals surface area contributed by atoms with Crippen molar-refractivity contribution in [1.82, 2.24) is 4.48 Å². The second-order valence-corrected chi connectivity index (χ2v) is 9.56. The Labute approximate surface area is 219 Å². The number of hydrogen-bond acceptors (Lipinski definition) is 9. The summed E-state index contributed by atoms with van der Waals surface area (Å²) in [7, 11) is 8.28. The van der Waals surface area contributed by atoms with Gasteiger partial charge in [-0.1, -0.05) is 0 Å². The van der Waals surface area contributed by atoms with Crippen LogP contribution in [0.4, 0.5) is 11.4 Å². The Bertz CT molecular complexity index is 1610. The number of quaternary nitrogens is 1. The summed E-state index contributed by atoms with van der Waals surface area (Å²) in [5.74, 6) is 2.83. The summed E-state index contributed by atoms with van der Waals surface area (Å²) >= 11 is 0. The van der Waals surface area contributed by atoms with E-state index in [1.807, 2.05) is 24.3 Å². The van der Waals surface area contributed by atoms with Crippen LogP contribution in [0, 0.1) is 22.7 Å². The molecule has 3 aliphatic heterocycles. The highest BCUT2D eigenvalue weighted by Crippen LogP contribution is 2.57. The summed E-state index contributed by atoms with van der Waals surface area (Å²) in [4.78, 5) is 2.32. The Morgan fingerprint density at radius 1 is 0.789 bits per heavy atom. The average molecular weight is 514 g/mol. The highest BCUT2D eigenvalue weighted by Gasteiger charge is 2.43. The number of nitrogens with zero attached hydrogens (tertiary/aromatic N) is 4. The summed E-state index contributed by atoms with van der Waals surface area (Å²) in [6, 6.07) is 12.2. The lowest BCUT2D eigenvalue weighted by Crippen LogP contribution is -2.58. The first-order chi connectivity index (χ1) is 18.4. The van der Waals surface area contributed by atoms with Gasteiger partial charge in [0.25, 0.3) is 0 Å². The van der Waals surface area contributed by atoms with E-state index in [2.05, 4.69) is 24.1 Å². The van der Waals surface area contributed by atoms with Gasteiger partial charge in [-0.25, -0.2) is 0 Å². The standard InChI is InChI=1S/C28H25N4O6/c1-32-13-16-7-21(33-2)22(34-3)8-19(16)31(14-32)12-15-6-23-24(9-20(15)32)38-28-18(11-30)26(36-5)25(35-4)17(10-29)27(28)37-23/h6-9H,12-14H2,1-5H3/q+1. The highest BCUT2D eigenvalue weighted by atomic mass is 16.6. The van der Waals surface area contributed by atoms with Crippen molar-refractivity contribution in [3.8, 4) is 58.1 Å². The van der Waals surface area contributed by atoms with Gasteiger partial charge in [0.15, 0.2) is 52.7 Å². The number of ether oxygens (including phenoxy) is 6. The van der Waals surface area contributed by atoms with Crippen LogP contribution in [-0.2, 0) is 13.1 Å². The van der Waals surface area contributed by atoms with E-state index in [-0.39, 0.29) is 34.1 Å². The van der Waals surface area contributed by atoms with Gasteiger partial charge < -0.3 is 33.3 Å². The molecule has 10 heteroatoms. The molecule has 3 aliphatic rings. The van der Waals surface area contributed by atoms with Crippen LogP contribution in [-0.4, -0.2) is 42.2 Å². The normalized spacial score (nSPS) is 17.7. The molecular formula is C28H25N4O6+. The lowest BCUT2D eigenvalue weighted by atomic mass is 9.98. The third-order valence-corrected chi connectivity index (χ3v) is 7.39. The fourth-order valence-corrected chi connectivity index (χ4v) is 5.76. The minimum absolute atomic E-state index is 0.0973. The predicted molar refractivity (Wildman–Crippen MR) is 138 cm³/mol. The van der Waals surface area contributed by atoms with E-state index in [9.17, 15) is 10.5 Å². The molecule has 3 heterocycles. The molecule has 2 bridgehead atoms. The molecule has 192 valence electrons. The van der Waals surface area contributed by atoms with Gasteiger partial charge in [0, 0.05) is 23.3 Å². The molecular weight excluding hydrogens is 488 g/mol. The molecule has 0 aliphatic carbocycles. The van der Waals surface area contributed by atoms with E-state index in [1.54, 1.807) is 14.2 Å². The van der Waals surface area contributed by atoms with Crippen molar-refractivity contribution >= 4 is 11.4 Å². The minimum atomic E-state index is 0.0973. The van der Waals surface area contributed by atoms with Gasteiger partial charge in [-0.05, 0) is 12.1 Å². The third kappa shape index (κ3) is 3.14. The number of nitriles is 2. The smallest absolute Gasteiger partial charge is 0.193 e. The van der Waals surface area contributed by atoms with E-state index in [0.717, 1.165) is 35.7 Å². The Morgan fingerprint density at radius 3 is 1.92 bits per heavy atom. The van der Waals surface area contributed by atoms with Gasteiger partial charge in [-0.2, -0.15) is 10.5 Å². The molecule has 0 spiro atoms. The van der Waals surface area contributed by atoms with Crippen molar-refractivity contribution in [3.63, 3.8) is 0 Å². The zero-order valence-corrected chi connectivity index (χ0v) is 21.7. The molecule has 38 heavy (non-hydrogen) atoms. The molecule has 3 aromatic carbocycles. The molecule has 1 unspecified atom stereocenters. The third-order valence-electron chi connectivity index (χ3n) is 7.39. The minimum Gasteiger partial charge on any atom is -0.493 e. The number of methoxy groups -OCH3 is 4. The van der Waals surface area contributed by atoms with E-state index < -0.39 is 0 Å². The number of hydrogen-bond donors (Lipinski definition) is 0.